The minimum absolute atomic E-state index is 0.293. The Hall–Kier alpha value is -1.95. The van der Waals surface area contributed by atoms with Gasteiger partial charge in [0, 0.05) is 23.8 Å². The normalized spacial score (nSPS) is 9.58. The van der Waals surface area contributed by atoms with Crippen LogP contribution in [0.15, 0.2) is 24.3 Å². The van der Waals surface area contributed by atoms with Crippen LogP contribution in [0.5, 0.6) is 0 Å². The van der Waals surface area contributed by atoms with E-state index in [4.69, 9.17) is 11.6 Å². The first-order chi connectivity index (χ1) is 9.11. The quantitative estimate of drug-likeness (QED) is 0.726. The predicted molar refractivity (Wildman–Crippen MR) is 73.5 cm³/mol. The molecule has 0 aliphatic carbocycles. The molecule has 0 saturated heterocycles. The summed E-state index contributed by atoms with van der Waals surface area (Å²) in [6.45, 7) is 2.62. The second-order valence-electron chi connectivity index (χ2n) is 3.54. The summed E-state index contributed by atoms with van der Waals surface area (Å²) in [5.74, 6) is 0. The number of nitrogens with one attached hydrogen (secondary N) is 3. The summed E-state index contributed by atoms with van der Waals surface area (Å²) in [7, 11) is 0. The first-order valence-electron chi connectivity index (χ1n) is 5.83. The van der Waals surface area contributed by atoms with E-state index < -0.39 is 6.09 Å². The van der Waals surface area contributed by atoms with Crippen molar-refractivity contribution < 1.29 is 14.3 Å². The Bertz CT molecular complexity index is 440. The molecule has 0 saturated carbocycles. The number of carbonyl (C=O) groups excluding carboxylic acids is 2. The molecule has 0 aliphatic heterocycles. The topological polar surface area (TPSA) is 79.5 Å². The Balaban J connectivity index is 2.20. The highest BCUT2D eigenvalue weighted by molar-refractivity contribution is 6.30. The van der Waals surface area contributed by atoms with Gasteiger partial charge < -0.3 is 20.7 Å². The van der Waals surface area contributed by atoms with Gasteiger partial charge in [-0.05, 0) is 25.1 Å². The summed E-state index contributed by atoms with van der Waals surface area (Å²) in [5.41, 5.74) is 0.600. The van der Waals surface area contributed by atoms with Gasteiger partial charge in [0.05, 0.1) is 6.61 Å². The lowest BCUT2D eigenvalue weighted by molar-refractivity contribution is 0.152. The summed E-state index contributed by atoms with van der Waals surface area (Å²) in [6.07, 6.45) is -0.500. The van der Waals surface area contributed by atoms with E-state index in [1.54, 1.807) is 31.2 Å². The molecule has 0 fully saturated rings. The number of benzene rings is 1. The fourth-order valence-corrected chi connectivity index (χ4v) is 1.45. The van der Waals surface area contributed by atoms with Crippen molar-refractivity contribution >= 4 is 29.4 Å². The van der Waals surface area contributed by atoms with Gasteiger partial charge in [-0.2, -0.15) is 0 Å². The number of hydrogen-bond donors (Lipinski definition) is 3. The van der Waals surface area contributed by atoms with Gasteiger partial charge in [-0.15, -0.1) is 0 Å². The number of ether oxygens (including phenoxy) is 1. The van der Waals surface area contributed by atoms with Gasteiger partial charge in [-0.25, -0.2) is 9.59 Å². The number of amides is 3. The Kier molecular flexibility index (Phi) is 6.52. The lowest BCUT2D eigenvalue weighted by Gasteiger charge is -2.08. The van der Waals surface area contributed by atoms with Gasteiger partial charge in [0.25, 0.3) is 0 Å². The second-order valence-corrected chi connectivity index (χ2v) is 3.97. The van der Waals surface area contributed by atoms with Crippen LogP contribution in [0.4, 0.5) is 15.3 Å². The minimum atomic E-state index is -0.500. The first-order valence-corrected chi connectivity index (χ1v) is 6.20. The summed E-state index contributed by atoms with van der Waals surface area (Å²) in [6, 6.07) is 6.45. The molecule has 0 unspecified atom stereocenters. The van der Waals surface area contributed by atoms with Crippen molar-refractivity contribution in [2.75, 3.05) is 25.0 Å². The zero-order valence-corrected chi connectivity index (χ0v) is 11.3. The van der Waals surface area contributed by atoms with Gasteiger partial charge in [0.2, 0.25) is 0 Å². The smallest absolute Gasteiger partial charge is 0.407 e. The fourth-order valence-electron chi connectivity index (χ4n) is 1.26. The number of alkyl carbamates (subject to hydrolysis) is 1. The molecule has 0 aliphatic rings. The highest BCUT2D eigenvalue weighted by Gasteiger charge is 2.02. The third kappa shape index (κ3) is 6.52. The van der Waals surface area contributed by atoms with E-state index in [1.165, 1.54) is 0 Å². The average molecular weight is 286 g/mol. The van der Waals surface area contributed by atoms with Gasteiger partial charge in [-0.3, -0.25) is 0 Å². The molecule has 1 rings (SSSR count). The van der Waals surface area contributed by atoms with E-state index in [1.807, 2.05) is 0 Å². The van der Waals surface area contributed by atoms with Crippen LogP contribution in [0.1, 0.15) is 6.92 Å². The van der Waals surface area contributed by atoms with Crippen LogP contribution in [0.3, 0.4) is 0 Å². The molecule has 3 N–H and O–H groups in total. The van der Waals surface area contributed by atoms with Crippen LogP contribution >= 0.6 is 11.6 Å². The molecule has 6 nitrogen and oxygen atoms in total. The molecule has 1 aromatic carbocycles. The Morgan fingerprint density at radius 2 is 2.00 bits per heavy atom. The monoisotopic (exact) mass is 285 g/mol. The average Bonchev–Trinajstić information content (AvgIpc) is 2.35. The second kappa shape index (κ2) is 8.20. The molecule has 7 heteroatoms. The largest absolute Gasteiger partial charge is 0.450 e. The Labute approximate surface area is 116 Å². The van der Waals surface area contributed by atoms with Gasteiger partial charge >= 0.3 is 12.1 Å². The molecule has 0 radical (unpaired) electrons. The lowest BCUT2D eigenvalue weighted by Crippen LogP contribution is -2.37. The SMILES string of the molecule is CCOC(=O)NCCNC(=O)Nc1cccc(Cl)c1. The van der Waals surface area contributed by atoms with Crippen molar-refractivity contribution in [3.05, 3.63) is 29.3 Å². The van der Waals surface area contributed by atoms with Crippen LogP contribution < -0.4 is 16.0 Å². The maximum Gasteiger partial charge on any atom is 0.407 e. The highest BCUT2D eigenvalue weighted by Crippen LogP contribution is 2.14. The molecule has 0 aromatic heterocycles. The Morgan fingerprint density at radius 3 is 2.68 bits per heavy atom. The third-order valence-corrected chi connectivity index (χ3v) is 2.27. The fraction of sp³-hybridized carbons (Fsp3) is 0.333. The summed E-state index contributed by atoms with van der Waals surface area (Å²) in [5, 5.41) is 8.23. The van der Waals surface area contributed by atoms with Gasteiger partial charge in [0.15, 0.2) is 0 Å². The van der Waals surface area contributed by atoms with E-state index in [-0.39, 0.29) is 6.03 Å². The van der Waals surface area contributed by atoms with Crippen LogP contribution in [0, 0.1) is 0 Å². The molecule has 104 valence electrons. The van der Waals surface area contributed by atoms with Crippen molar-refractivity contribution in [2.24, 2.45) is 0 Å². The predicted octanol–water partition coefficient (Wildman–Crippen LogP) is 2.21. The molecule has 1 aromatic rings. The van der Waals surface area contributed by atoms with E-state index in [9.17, 15) is 9.59 Å². The molecule has 0 bridgehead atoms. The van der Waals surface area contributed by atoms with Crippen molar-refractivity contribution in [2.45, 2.75) is 6.92 Å². The van der Waals surface area contributed by atoms with Crippen molar-refractivity contribution in [1.82, 2.24) is 10.6 Å². The van der Waals surface area contributed by atoms with Crippen molar-refractivity contribution in [3.63, 3.8) is 0 Å². The first kappa shape index (κ1) is 15.1. The van der Waals surface area contributed by atoms with E-state index >= 15 is 0 Å². The van der Waals surface area contributed by atoms with Gasteiger partial charge in [0.1, 0.15) is 0 Å². The number of urea groups is 1. The molecule has 3 amide bonds. The molecule has 0 atom stereocenters. The molecular weight excluding hydrogens is 270 g/mol. The molecular formula is C12H16ClN3O3. The maximum atomic E-state index is 11.5. The number of halogens is 1. The minimum Gasteiger partial charge on any atom is -0.450 e. The number of carbonyl (C=O) groups is 2. The number of rotatable bonds is 5. The van der Waals surface area contributed by atoms with Crippen LogP contribution in [0.2, 0.25) is 5.02 Å². The standard InChI is InChI=1S/C12H16ClN3O3/c1-2-19-12(18)15-7-6-14-11(17)16-10-5-3-4-9(13)8-10/h3-5,8H,2,6-7H2,1H3,(H,15,18)(H2,14,16,17). The summed E-state index contributed by atoms with van der Waals surface area (Å²) < 4.78 is 4.66. The zero-order chi connectivity index (χ0) is 14.1. The van der Waals surface area contributed by atoms with Crippen LogP contribution in [0.25, 0.3) is 0 Å². The highest BCUT2D eigenvalue weighted by atomic mass is 35.5. The summed E-state index contributed by atoms with van der Waals surface area (Å²) >= 11 is 5.79. The zero-order valence-electron chi connectivity index (χ0n) is 10.5. The maximum absolute atomic E-state index is 11.5. The summed E-state index contributed by atoms with van der Waals surface area (Å²) in [4.78, 5) is 22.4. The molecule has 0 spiro atoms. The van der Waals surface area contributed by atoms with E-state index in [0.29, 0.717) is 30.4 Å². The molecule has 19 heavy (non-hydrogen) atoms. The lowest BCUT2D eigenvalue weighted by atomic mass is 10.3. The van der Waals surface area contributed by atoms with Crippen LogP contribution in [-0.4, -0.2) is 31.8 Å². The Morgan fingerprint density at radius 1 is 1.26 bits per heavy atom. The van der Waals surface area contributed by atoms with Gasteiger partial charge in [-0.1, -0.05) is 17.7 Å². The van der Waals surface area contributed by atoms with E-state index in [0.717, 1.165) is 0 Å². The van der Waals surface area contributed by atoms with Crippen LogP contribution in [-0.2, 0) is 4.74 Å². The van der Waals surface area contributed by atoms with E-state index in [2.05, 4.69) is 20.7 Å². The molecule has 0 heterocycles. The number of hydrogen-bond acceptors (Lipinski definition) is 3. The number of anilines is 1. The third-order valence-electron chi connectivity index (χ3n) is 2.04. The van der Waals surface area contributed by atoms with Crippen molar-refractivity contribution in [3.8, 4) is 0 Å². The van der Waals surface area contributed by atoms with Crippen molar-refractivity contribution in [1.29, 1.82) is 0 Å².